The van der Waals surface area contributed by atoms with Gasteiger partial charge in [-0.2, -0.15) is 0 Å². The smallest absolute Gasteiger partial charge is 0.0410 e. The van der Waals surface area contributed by atoms with E-state index < -0.39 is 0 Å². The van der Waals surface area contributed by atoms with Crippen LogP contribution in [0.3, 0.4) is 0 Å². The van der Waals surface area contributed by atoms with Crippen LogP contribution in [0.4, 0.5) is 0 Å². The zero-order chi connectivity index (χ0) is 11.8. The predicted octanol–water partition coefficient (Wildman–Crippen LogP) is 2.28. The molecule has 0 atom stereocenters. The van der Waals surface area contributed by atoms with Crippen molar-refractivity contribution in [3.05, 3.63) is 28.5 Å². The maximum atomic E-state index is 4.13. The van der Waals surface area contributed by atoms with Crippen molar-refractivity contribution in [2.45, 2.75) is 20.4 Å². The average Bonchev–Trinajstić information content (AvgIpc) is 2.29. The van der Waals surface area contributed by atoms with E-state index in [4.69, 9.17) is 0 Å². The van der Waals surface area contributed by atoms with Gasteiger partial charge < -0.3 is 10.2 Å². The van der Waals surface area contributed by atoms with Gasteiger partial charge in [-0.25, -0.2) is 0 Å². The molecule has 0 aliphatic rings. The minimum atomic E-state index is 0.883. The van der Waals surface area contributed by atoms with Crippen molar-refractivity contribution in [1.29, 1.82) is 0 Å². The van der Waals surface area contributed by atoms with Crippen molar-refractivity contribution >= 4 is 15.9 Å². The lowest BCUT2D eigenvalue weighted by atomic mass is 10.3. The number of aromatic nitrogens is 1. The Kier molecular flexibility index (Phi) is 6.61. The highest BCUT2D eigenvalue weighted by Crippen LogP contribution is 2.08. The highest BCUT2D eigenvalue weighted by atomic mass is 79.9. The summed E-state index contributed by atoms with van der Waals surface area (Å²) in [6.07, 6.45) is 3.70. The van der Waals surface area contributed by atoms with E-state index in [9.17, 15) is 0 Å². The van der Waals surface area contributed by atoms with Gasteiger partial charge in [-0.1, -0.05) is 13.8 Å². The van der Waals surface area contributed by atoms with Crippen LogP contribution in [-0.2, 0) is 6.54 Å². The van der Waals surface area contributed by atoms with E-state index >= 15 is 0 Å². The Balaban J connectivity index is 2.20. The lowest BCUT2D eigenvalue weighted by molar-refractivity contribution is 0.302. The SMILES string of the molecule is CCN(CC)CCNCc1cncc(Br)c1. The van der Waals surface area contributed by atoms with Gasteiger partial charge in [0.15, 0.2) is 0 Å². The highest BCUT2D eigenvalue weighted by molar-refractivity contribution is 9.10. The molecule has 0 fully saturated rings. The molecule has 0 aliphatic carbocycles. The minimum Gasteiger partial charge on any atom is -0.311 e. The molecule has 3 nitrogen and oxygen atoms in total. The summed E-state index contributed by atoms with van der Waals surface area (Å²) in [5, 5.41) is 3.43. The van der Waals surface area contributed by atoms with Gasteiger partial charge >= 0.3 is 0 Å². The molecule has 0 amide bonds. The van der Waals surface area contributed by atoms with Crippen LogP contribution in [0.5, 0.6) is 0 Å². The van der Waals surface area contributed by atoms with E-state index in [2.05, 4.69) is 51.0 Å². The number of hydrogen-bond donors (Lipinski definition) is 1. The van der Waals surface area contributed by atoms with E-state index in [1.54, 1.807) is 6.20 Å². The Hall–Kier alpha value is -0.450. The number of nitrogens with zero attached hydrogens (tertiary/aromatic N) is 2. The second-order valence-corrected chi connectivity index (χ2v) is 4.63. The minimum absolute atomic E-state index is 0.883. The Morgan fingerprint density at radius 2 is 2.06 bits per heavy atom. The van der Waals surface area contributed by atoms with Crippen LogP contribution in [0.25, 0.3) is 0 Å². The molecule has 0 bridgehead atoms. The van der Waals surface area contributed by atoms with Gasteiger partial charge in [-0.15, -0.1) is 0 Å². The summed E-state index contributed by atoms with van der Waals surface area (Å²) in [5.41, 5.74) is 1.22. The standard InChI is InChI=1S/C12H20BrN3/c1-3-16(4-2)6-5-14-8-11-7-12(13)10-15-9-11/h7,9-10,14H,3-6,8H2,1-2H3. The van der Waals surface area contributed by atoms with E-state index in [0.29, 0.717) is 0 Å². The van der Waals surface area contributed by atoms with Crippen molar-refractivity contribution in [2.75, 3.05) is 26.2 Å². The fraction of sp³-hybridized carbons (Fsp3) is 0.583. The largest absolute Gasteiger partial charge is 0.311 e. The number of pyridine rings is 1. The summed E-state index contributed by atoms with van der Waals surface area (Å²) in [6.45, 7) is 9.65. The molecule has 1 heterocycles. The summed E-state index contributed by atoms with van der Waals surface area (Å²) >= 11 is 3.42. The van der Waals surface area contributed by atoms with Crippen molar-refractivity contribution in [3.8, 4) is 0 Å². The summed E-state index contributed by atoms with van der Waals surface area (Å²) in [7, 11) is 0. The molecular formula is C12H20BrN3. The molecule has 1 aromatic heterocycles. The van der Waals surface area contributed by atoms with Crippen molar-refractivity contribution < 1.29 is 0 Å². The summed E-state index contributed by atoms with van der Waals surface area (Å²) in [6, 6.07) is 2.09. The molecule has 0 aromatic carbocycles. The lowest BCUT2D eigenvalue weighted by Gasteiger charge is -2.17. The maximum absolute atomic E-state index is 4.13. The van der Waals surface area contributed by atoms with Crippen LogP contribution in [0.15, 0.2) is 22.9 Å². The van der Waals surface area contributed by atoms with E-state index in [1.165, 1.54) is 5.56 Å². The van der Waals surface area contributed by atoms with Gasteiger partial charge in [0, 0.05) is 36.5 Å². The average molecular weight is 286 g/mol. The van der Waals surface area contributed by atoms with Gasteiger partial charge in [0.25, 0.3) is 0 Å². The second-order valence-electron chi connectivity index (χ2n) is 3.72. The topological polar surface area (TPSA) is 28.2 Å². The fourth-order valence-electron chi connectivity index (χ4n) is 1.56. The van der Waals surface area contributed by atoms with Gasteiger partial charge in [0.1, 0.15) is 0 Å². The van der Waals surface area contributed by atoms with Crippen molar-refractivity contribution in [3.63, 3.8) is 0 Å². The van der Waals surface area contributed by atoms with Gasteiger partial charge in [-0.05, 0) is 40.6 Å². The summed E-state index contributed by atoms with van der Waals surface area (Å²) < 4.78 is 1.04. The van der Waals surface area contributed by atoms with Crippen molar-refractivity contribution in [1.82, 2.24) is 15.2 Å². The third kappa shape index (κ3) is 5.05. The Bertz CT molecular complexity index is 300. The molecule has 0 unspecified atom stereocenters. The van der Waals surface area contributed by atoms with E-state index in [1.807, 2.05) is 6.20 Å². The molecule has 16 heavy (non-hydrogen) atoms. The number of rotatable bonds is 7. The predicted molar refractivity (Wildman–Crippen MR) is 71.4 cm³/mol. The van der Waals surface area contributed by atoms with E-state index in [-0.39, 0.29) is 0 Å². The normalized spacial score (nSPS) is 11.0. The quantitative estimate of drug-likeness (QED) is 0.779. The molecule has 0 spiro atoms. The highest BCUT2D eigenvalue weighted by Gasteiger charge is 1.98. The Labute approximate surface area is 106 Å². The van der Waals surface area contributed by atoms with Gasteiger partial charge in [0.2, 0.25) is 0 Å². The molecule has 0 saturated carbocycles. The molecule has 0 aliphatic heterocycles. The van der Waals surface area contributed by atoms with Crippen LogP contribution in [0.2, 0.25) is 0 Å². The summed E-state index contributed by atoms with van der Waals surface area (Å²) in [4.78, 5) is 6.54. The maximum Gasteiger partial charge on any atom is 0.0410 e. The number of halogens is 1. The number of likely N-dealkylation sites (N-methyl/N-ethyl adjacent to an activating group) is 1. The first kappa shape index (κ1) is 13.6. The summed E-state index contributed by atoms with van der Waals surface area (Å²) in [5.74, 6) is 0. The first-order chi connectivity index (χ1) is 7.76. The number of nitrogens with one attached hydrogen (secondary N) is 1. The molecular weight excluding hydrogens is 266 g/mol. The molecule has 0 saturated heterocycles. The number of hydrogen-bond acceptors (Lipinski definition) is 3. The van der Waals surface area contributed by atoms with Crippen LogP contribution < -0.4 is 5.32 Å². The zero-order valence-electron chi connectivity index (χ0n) is 10.0. The second kappa shape index (κ2) is 7.76. The molecule has 1 rings (SSSR count). The third-order valence-corrected chi connectivity index (χ3v) is 3.02. The molecule has 90 valence electrons. The first-order valence-electron chi connectivity index (χ1n) is 5.78. The van der Waals surface area contributed by atoms with Crippen LogP contribution in [0, 0.1) is 0 Å². The molecule has 1 aromatic rings. The zero-order valence-corrected chi connectivity index (χ0v) is 11.6. The van der Waals surface area contributed by atoms with Crippen LogP contribution >= 0.6 is 15.9 Å². The fourth-order valence-corrected chi connectivity index (χ4v) is 1.97. The molecule has 0 radical (unpaired) electrons. The van der Waals surface area contributed by atoms with E-state index in [0.717, 1.165) is 37.2 Å². The van der Waals surface area contributed by atoms with Crippen LogP contribution in [-0.4, -0.2) is 36.1 Å². The van der Waals surface area contributed by atoms with Gasteiger partial charge in [0.05, 0.1) is 0 Å². The first-order valence-corrected chi connectivity index (χ1v) is 6.58. The monoisotopic (exact) mass is 285 g/mol. The molecule has 1 N–H and O–H groups in total. The lowest BCUT2D eigenvalue weighted by Crippen LogP contribution is -2.31. The Morgan fingerprint density at radius 3 is 2.69 bits per heavy atom. The third-order valence-electron chi connectivity index (χ3n) is 2.59. The molecule has 4 heteroatoms. The van der Waals surface area contributed by atoms with Crippen molar-refractivity contribution in [2.24, 2.45) is 0 Å². The van der Waals surface area contributed by atoms with Crippen LogP contribution in [0.1, 0.15) is 19.4 Å². The van der Waals surface area contributed by atoms with Gasteiger partial charge in [-0.3, -0.25) is 4.98 Å². The Morgan fingerprint density at radius 1 is 1.31 bits per heavy atom.